The Morgan fingerprint density at radius 1 is 1.33 bits per heavy atom. The third-order valence-corrected chi connectivity index (χ3v) is 3.82. The standard InChI is InChI=1S/C6H5Cl3O3/c7-4(8)1-2-5(9)6(4,12-5)3(10)11/h1-2H2,(H,10,11). The Kier molecular flexibility index (Phi) is 1.50. The van der Waals surface area contributed by atoms with Gasteiger partial charge in [0.2, 0.25) is 5.60 Å². The highest BCUT2D eigenvalue weighted by molar-refractivity contribution is 6.53. The van der Waals surface area contributed by atoms with Crippen molar-refractivity contribution in [3.63, 3.8) is 0 Å². The van der Waals surface area contributed by atoms with Crippen molar-refractivity contribution < 1.29 is 14.6 Å². The van der Waals surface area contributed by atoms with E-state index in [0.29, 0.717) is 12.8 Å². The van der Waals surface area contributed by atoms with Gasteiger partial charge in [-0.05, 0) is 12.8 Å². The molecule has 3 nitrogen and oxygen atoms in total. The van der Waals surface area contributed by atoms with Crippen molar-refractivity contribution in [3.8, 4) is 0 Å². The van der Waals surface area contributed by atoms with Crippen molar-refractivity contribution in [3.05, 3.63) is 0 Å². The van der Waals surface area contributed by atoms with E-state index in [9.17, 15) is 4.79 Å². The molecule has 1 N–H and O–H groups in total. The maximum atomic E-state index is 10.8. The summed E-state index contributed by atoms with van der Waals surface area (Å²) in [6, 6.07) is 0. The zero-order chi connectivity index (χ0) is 9.20. The predicted molar refractivity (Wildman–Crippen MR) is 43.7 cm³/mol. The monoisotopic (exact) mass is 230 g/mol. The van der Waals surface area contributed by atoms with Crippen LogP contribution in [-0.2, 0) is 9.53 Å². The predicted octanol–water partition coefficient (Wildman–Crippen LogP) is 1.74. The lowest BCUT2D eigenvalue weighted by Crippen LogP contribution is -2.41. The van der Waals surface area contributed by atoms with Crippen LogP contribution in [0.4, 0.5) is 0 Å². The van der Waals surface area contributed by atoms with Gasteiger partial charge < -0.3 is 9.84 Å². The number of rotatable bonds is 1. The van der Waals surface area contributed by atoms with Gasteiger partial charge in [0.1, 0.15) is 0 Å². The van der Waals surface area contributed by atoms with Gasteiger partial charge in [-0.2, -0.15) is 0 Å². The van der Waals surface area contributed by atoms with Gasteiger partial charge in [0.15, 0.2) is 9.39 Å². The van der Waals surface area contributed by atoms with Crippen molar-refractivity contribution in [1.82, 2.24) is 0 Å². The highest BCUT2D eigenvalue weighted by Gasteiger charge is 2.87. The summed E-state index contributed by atoms with van der Waals surface area (Å²) in [7, 11) is 0. The second-order valence-electron chi connectivity index (χ2n) is 3.02. The maximum absolute atomic E-state index is 10.8. The molecule has 1 aliphatic carbocycles. The third-order valence-electron chi connectivity index (χ3n) is 2.38. The average Bonchev–Trinajstić information content (AvgIpc) is 2.50. The average molecular weight is 231 g/mol. The molecule has 0 aromatic heterocycles. The van der Waals surface area contributed by atoms with Crippen LogP contribution in [0.25, 0.3) is 0 Å². The molecular formula is C6H5Cl3O3. The van der Waals surface area contributed by atoms with Crippen LogP contribution < -0.4 is 0 Å². The lowest BCUT2D eigenvalue weighted by atomic mass is 10.1. The molecule has 0 spiro atoms. The summed E-state index contributed by atoms with van der Waals surface area (Å²) in [6.45, 7) is 0. The Morgan fingerprint density at radius 3 is 2.08 bits per heavy atom. The van der Waals surface area contributed by atoms with E-state index in [0.717, 1.165) is 0 Å². The van der Waals surface area contributed by atoms with Crippen LogP contribution >= 0.6 is 34.8 Å². The fourth-order valence-electron chi connectivity index (χ4n) is 1.65. The third kappa shape index (κ3) is 0.715. The van der Waals surface area contributed by atoms with Gasteiger partial charge in [-0.25, -0.2) is 4.79 Å². The molecule has 2 atom stereocenters. The second kappa shape index (κ2) is 2.03. The van der Waals surface area contributed by atoms with Crippen LogP contribution in [0.2, 0.25) is 0 Å². The van der Waals surface area contributed by atoms with Gasteiger partial charge in [0, 0.05) is 0 Å². The molecule has 1 heterocycles. The van der Waals surface area contributed by atoms with Gasteiger partial charge in [-0.15, -0.1) is 0 Å². The summed E-state index contributed by atoms with van der Waals surface area (Å²) in [5.74, 6) is -1.19. The summed E-state index contributed by atoms with van der Waals surface area (Å²) in [5.41, 5.74) is -1.59. The first-order valence-electron chi connectivity index (χ1n) is 3.36. The number of aliphatic carboxylic acids is 1. The molecule has 2 fully saturated rings. The summed E-state index contributed by atoms with van der Waals surface area (Å²) in [5, 5.41) is 7.66. The molecule has 2 unspecified atom stereocenters. The molecule has 2 aliphatic rings. The van der Waals surface area contributed by atoms with Crippen molar-refractivity contribution in [2.75, 3.05) is 0 Å². The van der Waals surface area contributed by atoms with E-state index in [1.165, 1.54) is 0 Å². The highest BCUT2D eigenvalue weighted by Crippen LogP contribution is 2.70. The van der Waals surface area contributed by atoms with E-state index in [1.54, 1.807) is 0 Å². The molecule has 1 saturated carbocycles. The summed E-state index contributed by atoms with van der Waals surface area (Å²) >= 11 is 17.4. The first kappa shape index (κ1) is 8.88. The molecule has 6 heteroatoms. The fraction of sp³-hybridized carbons (Fsp3) is 0.833. The number of alkyl halides is 3. The lowest BCUT2D eigenvalue weighted by Gasteiger charge is -2.18. The van der Waals surface area contributed by atoms with Gasteiger partial charge in [0.05, 0.1) is 0 Å². The SMILES string of the molecule is O=C(O)C12OC1(Cl)CCC2(Cl)Cl. The van der Waals surface area contributed by atoms with E-state index in [1.807, 2.05) is 0 Å². The number of halogens is 3. The van der Waals surface area contributed by atoms with Crippen LogP contribution in [0.1, 0.15) is 12.8 Å². The minimum absolute atomic E-state index is 0.339. The number of hydrogen-bond acceptors (Lipinski definition) is 2. The molecule has 0 bridgehead atoms. The molecule has 12 heavy (non-hydrogen) atoms. The molecule has 1 saturated heterocycles. The fourth-order valence-corrected chi connectivity index (χ4v) is 2.93. The van der Waals surface area contributed by atoms with E-state index < -0.39 is 21.0 Å². The zero-order valence-corrected chi connectivity index (χ0v) is 8.08. The Labute approximate surface area is 83.5 Å². The van der Waals surface area contributed by atoms with Crippen molar-refractivity contribution in [1.29, 1.82) is 0 Å². The minimum atomic E-state index is -1.59. The molecule has 0 radical (unpaired) electrons. The highest BCUT2D eigenvalue weighted by atomic mass is 35.5. The number of hydrogen-bond donors (Lipinski definition) is 1. The van der Waals surface area contributed by atoms with Crippen molar-refractivity contribution in [2.45, 2.75) is 27.8 Å². The molecule has 0 amide bonds. The van der Waals surface area contributed by atoms with Crippen LogP contribution in [0, 0.1) is 0 Å². The topological polar surface area (TPSA) is 49.8 Å². The molecule has 0 aromatic rings. The number of epoxide rings is 1. The Hall–Kier alpha value is 0.300. The summed E-state index contributed by atoms with van der Waals surface area (Å²) in [6.07, 6.45) is 0.708. The van der Waals surface area contributed by atoms with E-state index in [4.69, 9.17) is 44.6 Å². The minimum Gasteiger partial charge on any atom is -0.479 e. The quantitative estimate of drug-likeness (QED) is 0.552. The second-order valence-corrected chi connectivity index (χ2v) is 5.12. The Bertz CT molecular complexity index is 267. The molecular weight excluding hydrogens is 226 g/mol. The number of ether oxygens (including phenoxy) is 1. The number of carboxylic acid groups (broad SMARTS) is 1. The normalized spacial score (nSPS) is 48.6. The van der Waals surface area contributed by atoms with E-state index >= 15 is 0 Å². The first-order chi connectivity index (χ1) is 5.36. The van der Waals surface area contributed by atoms with Crippen LogP contribution in [0.5, 0.6) is 0 Å². The number of fused-ring (bicyclic) bond motifs is 1. The van der Waals surface area contributed by atoms with Gasteiger partial charge >= 0.3 is 5.97 Å². The Balaban J connectivity index is 2.43. The van der Waals surface area contributed by atoms with Gasteiger partial charge in [0.25, 0.3) is 0 Å². The zero-order valence-electron chi connectivity index (χ0n) is 5.81. The van der Waals surface area contributed by atoms with Gasteiger partial charge in [-0.3, -0.25) is 0 Å². The van der Waals surface area contributed by atoms with Crippen molar-refractivity contribution >= 4 is 40.8 Å². The van der Waals surface area contributed by atoms with Crippen LogP contribution in [0.15, 0.2) is 0 Å². The van der Waals surface area contributed by atoms with E-state index in [2.05, 4.69) is 0 Å². The molecule has 0 aromatic carbocycles. The van der Waals surface area contributed by atoms with Crippen LogP contribution in [-0.4, -0.2) is 26.1 Å². The van der Waals surface area contributed by atoms with Crippen molar-refractivity contribution in [2.24, 2.45) is 0 Å². The van der Waals surface area contributed by atoms with E-state index in [-0.39, 0.29) is 0 Å². The largest absolute Gasteiger partial charge is 0.479 e. The first-order valence-corrected chi connectivity index (χ1v) is 4.49. The molecule has 2 rings (SSSR count). The molecule has 1 aliphatic heterocycles. The summed E-state index contributed by atoms with van der Waals surface area (Å²) in [4.78, 5) is 10.8. The molecule has 68 valence electrons. The maximum Gasteiger partial charge on any atom is 0.343 e. The smallest absolute Gasteiger partial charge is 0.343 e. The van der Waals surface area contributed by atoms with Crippen LogP contribution in [0.3, 0.4) is 0 Å². The summed E-state index contributed by atoms with van der Waals surface area (Å²) < 4.78 is 3.50. The number of carbonyl (C=O) groups is 1. The number of carboxylic acids is 1. The lowest BCUT2D eigenvalue weighted by molar-refractivity contribution is -0.143. The Morgan fingerprint density at radius 2 is 1.92 bits per heavy atom. The van der Waals surface area contributed by atoms with Gasteiger partial charge in [-0.1, -0.05) is 34.8 Å².